The van der Waals surface area contributed by atoms with E-state index in [9.17, 15) is 19.2 Å². The summed E-state index contributed by atoms with van der Waals surface area (Å²) in [5, 5.41) is 24.3. The summed E-state index contributed by atoms with van der Waals surface area (Å²) in [6, 6.07) is 36.2. The Morgan fingerprint density at radius 3 is 0.845 bits per heavy atom. The molecule has 19 heteroatoms. The van der Waals surface area contributed by atoms with Crippen LogP contribution in [0.5, 0.6) is 0 Å². The lowest BCUT2D eigenvalue weighted by Gasteiger charge is -2.23. The van der Waals surface area contributed by atoms with Crippen molar-refractivity contribution in [3.63, 3.8) is 0 Å². The molecule has 4 atom stereocenters. The first kappa shape index (κ1) is 91.2. The van der Waals surface area contributed by atoms with Crippen LogP contribution < -0.4 is 42.5 Å². The molecule has 0 spiro atoms. The van der Waals surface area contributed by atoms with E-state index >= 15 is 0 Å². The lowest BCUT2D eigenvalue weighted by Crippen LogP contribution is -2.45. The van der Waals surface area contributed by atoms with Gasteiger partial charge in [0, 0.05) is 61.1 Å². The van der Waals surface area contributed by atoms with Crippen LogP contribution in [0.15, 0.2) is 121 Å². The molecule has 4 rings (SSSR count). The molecule has 4 amide bonds. The molecule has 0 heterocycles. The number of carbonyl (C=O) groups is 4. The number of thiocarbonyl (C=S) groups is 4. The van der Waals surface area contributed by atoms with Gasteiger partial charge in [-0.25, -0.2) is 0 Å². The Labute approximate surface area is 608 Å². The second-order valence-electron chi connectivity index (χ2n) is 24.4. The Balaban J connectivity index is 0.00000121. The molecule has 0 bridgehead atoms. The predicted octanol–water partition coefficient (Wildman–Crippen LogP) is 18.0. The zero-order valence-electron chi connectivity index (χ0n) is 61.0. The van der Waals surface area contributed by atoms with Crippen LogP contribution in [0, 0.1) is 0 Å². The van der Waals surface area contributed by atoms with Crippen molar-refractivity contribution in [2.24, 2.45) is 0 Å². The fraction of sp³-hybridized carbons (Fsp3) is 0.590. The van der Waals surface area contributed by atoms with Gasteiger partial charge in [-0.1, -0.05) is 262 Å². The molecule has 15 nitrogen and oxygen atoms in total. The van der Waals surface area contributed by atoms with Crippen molar-refractivity contribution >= 4 is 92.9 Å². The quantitative estimate of drug-likeness (QED) is 0.0154. The predicted molar refractivity (Wildman–Crippen MR) is 423 cm³/mol. The van der Waals surface area contributed by atoms with Crippen LogP contribution in [0.3, 0.4) is 0 Å². The van der Waals surface area contributed by atoms with E-state index in [-0.39, 0.29) is 47.9 Å². The van der Waals surface area contributed by atoms with E-state index in [1.807, 2.05) is 88.4 Å². The highest BCUT2D eigenvalue weighted by Crippen LogP contribution is 2.12. The number of nitrogens with one attached hydrogen (secondary N) is 8. The molecule has 0 radical (unpaired) electrons. The SMILES string of the molecule is CCCCCCCCCCC.CCCCCCCCCCCCNC(=S)NC(=O)c1ccccc1.CCCCCCCCCNC(=S)NC(=O)c1ccccc1.CCCOC(C)C(C)OCC(C)NC(=S)NC(=O)c1ccccc1.COCC(C)NC(=S)NC(=O)c1ccccc1. The largest absolute Gasteiger partial charge is 0.383 e. The molecule has 0 saturated carbocycles. The molecule has 4 aromatic carbocycles. The number of ether oxygens (including phenoxy) is 3. The van der Waals surface area contributed by atoms with E-state index in [1.54, 1.807) is 67.8 Å². The molecule has 0 fully saturated rings. The summed E-state index contributed by atoms with van der Waals surface area (Å²) in [4.78, 5) is 47.5. The van der Waals surface area contributed by atoms with Gasteiger partial charge >= 0.3 is 0 Å². The molecule has 0 saturated heterocycles. The Morgan fingerprint density at radius 1 is 0.330 bits per heavy atom. The van der Waals surface area contributed by atoms with Gasteiger partial charge in [-0.2, -0.15) is 0 Å². The van der Waals surface area contributed by atoms with Crippen LogP contribution in [0.25, 0.3) is 0 Å². The maximum Gasteiger partial charge on any atom is 0.257 e. The molecule has 0 aromatic heterocycles. The van der Waals surface area contributed by atoms with Gasteiger partial charge in [-0.05, 0) is 144 Å². The monoisotopic (exact) mass is 1410 g/mol. The average molecular weight is 1420 g/mol. The Hall–Kier alpha value is -5.80. The number of hydrogen-bond donors (Lipinski definition) is 8. The van der Waals surface area contributed by atoms with Crippen LogP contribution in [-0.4, -0.2) is 108 Å². The van der Waals surface area contributed by atoms with Crippen molar-refractivity contribution in [3.05, 3.63) is 144 Å². The number of rotatable bonds is 42. The van der Waals surface area contributed by atoms with Crippen molar-refractivity contribution in [2.45, 2.75) is 260 Å². The lowest BCUT2D eigenvalue weighted by atomic mass is 10.1. The van der Waals surface area contributed by atoms with Crippen molar-refractivity contribution in [1.29, 1.82) is 0 Å². The highest BCUT2D eigenvalue weighted by Gasteiger charge is 2.16. The molecular weight excluding hydrogens is 1290 g/mol. The number of carbonyl (C=O) groups excluding carboxylic acids is 4. The lowest BCUT2D eigenvalue weighted by molar-refractivity contribution is -0.0591. The Bertz CT molecular complexity index is 2610. The first-order valence-electron chi connectivity index (χ1n) is 36.3. The van der Waals surface area contributed by atoms with E-state index in [0.717, 1.165) is 39.0 Å². The van der Waals surface area contributed by atoms with Crippen LogP contribution >= 0.6 is 48.9 Å². The smallest absolute Gasteiger partial charge is 0.257 e. The van der Waals surface area contributed by atoms with E-state index in [4.69, 9.17) is 63.1 Å². The van der Waals surface area contributed by atoms with Crippen molar-refractivity contribution in [1.82, 2.24) is 42.5 Å². The van der Waals surface area contributed by atoms with E-state index in [0.29, 0.717) is 55.9 Å². The van der Waals surface area contributed by atoms with Gasteiger partial charge in [0.15, 0.2) is 20.4 Å². The molecular formula is C78H126N8O7S4. The normalized spacial score (nSPS) is 11.6. The molecule has 4 aromatic rings. The van der Waals surface area contributed by atoms with Gasteiger partial charge in [0.1, 0.15) is 0 Å². The molecule has 0 aliphatic carbocycles. The van der Waals surface area contributed by atoms with Crippen LogP contribution in [-0.2, 0) is 14.2 Å². The summed E-state index contributed by atoms with van der Waals surface area (Å²) < 4.78 is 16.4. The topological polar surface area (TPSA) is 192 Å². The zero-order chi connectivity index (χ0) is 71.8. The summed E-state index contributed by atoms with van der Waals surface area (Å²) in [6.45, 7) is 22.4. The standard InChI is InChI=1S/C20H32N2OS.C18H28N2O3S.C17H26N2OS.C12H16N2O2S.C11H24/c1-2-3-4-5-6-7-8-9-10-14-17-21-20(24)22-19(23)18-15-12-11-13-16-18;1-5-11-22-14(3)15(4)23-12-13(2)19-18(24)20-17(21)16-9-7-6-8-10-16;1-2-3-4-5-6-7-11-14-18-17(21)19-16(20)15-12-9-8-10-13-15;1-9(8-16-2)13-12(17)14-11(15)10-6-4-3-5-7-10;1-3-5-7-9-11-10-8-6-4-2/h11-13,15-16H,2-10,14,17H2,1H3,(H2,21,22,23,24);6-10,13-15H,5,11-12H2,1-4H3,(H2,19,20,21,24);8-10,12-13H,2-7,11,14H2,1H3,(H2,18,19,20,21);3-7,9H,8H2,1-2H3,(H2,13,14,15,17);3-11H2,1-2H3. The highest BCUT2D eigenvalue weighted by atomic mass is 32.1. The first-order valence-corrected chi connectivity index (χ1v) is 37.9. The van der Waals surface area contributed by atoms with Gasteiger partial charge in [0.25, 0.3) is 23.6 Å². The summed E-state index contributed by atoms with van der Waals surface area (Å²) in [6.07, 6.45) is 36.0. The molecule has 4 unspecified atom stereocenters. The fourth-order valence-electron chi connectivity index (χ4n) is 9.35. The molecule has 0 aliphatic heterocycles. The number of benzene rings is 4. The van der Waals surface area contributed by atoms with E-state index < -0.39 is 0 Å². The molecule has 0 aliphatic rings. The number of hydrogen-bond acceptors (Lipinski definition) is 11. The third-order valence-corrected chi connectivity index (χ3v) is 16.1. The summed E-state index contributed by atoms with van der Waals surface area (Å²) in [7, 11) is 1.61. The van der Waals surface area contributed by atoms with Gasteiger partial charge in [-0.15, -0.1) is 0 Å². The van der Waals surface area contributed by atoms with Gasteiger partial charge in [0.05, 0.1) is 25.4 Å². The van der Waals surface area contributed by atoms with Crippen molar-refractivity contribution < 1.29 is 33.4 Å². The maximum absolute atomic E-state index is 12.0. The third kappa shape index (κ3) is 54.8. The second kappa shape index (κ2) is 64.8. The molecule has 97 heavy (non-hydrogen) atoms. The summed E-state index contributed by atoms with van der Waals surface area (Å²) in [5.41, 5.74) is 2.40. The second-order valence-corrected chi connectivity index (χ2v) is 26.0. The minimum atomic E-state index is -0.226. The van der Waals surface area contributed by atoms with Crippen molar-refractivity contribution in [3.8, 4) is 0 Å². The molecule has 8 N–H and O–H groups in total. The minimum absolute atomic E-state index is 0.00622. The first-order chi connectivity index (χ1) is 47.0. The van der Waals surface area contributed by atoms with Crippen molar-refractivity contribution in [2.75, 3.05) is 40.0 Å². The highest BCUT2D eigenvalue weighted by molar-refractivity contribution is 7.80. The Kier molecular flexibility index (Phi) is 61.0. The van der Waals surface area contributed by atoms with Crippen LogP contribution in [0.2, 0.25) is 0 Å². The number of unbranched alkanes of at least 4 members (excludes halogenated alkanes) is 23. The summed E-state index contributed by atoms with van der Waals surface area (Å²) in [5.74, 6) is -0.757. The van der Waals surface area contributed by atoms with Crippen LogP contribution in [0.1, 0.15) is 277 Å². The van der Waals surface area contributed by atoms with Crippen LogP contribution in [0.4, 0.5) is 0 Å². The third-order valence-electron chi connectivity index (χ3n) is 15.2. The fourth-order valence-corrected chi connectivity index (χ4v) is 10.3. The number of amides is 4. The van der Waals surface area contributed by atoms with E-state index in [2.05, 4.69) is 77.2 Å². The number of methoxy groups -OCH3 is 1. The van der Waals surface area contributed by atoms with E-state index in [1.165, 1.54) is 154 Å². The zero-order valence-corrected chi connectivity index (χ0v) is 64.2. The minimum Gasteiger partial charge on any atom is -0.383 e. The van der Waals surface area contributed by atoms with Gasteiger partial charge in [-0.3, -0.25) is 40.4 Å². The molecule has 544 valence electrons. The van der Waals surface area contributed by atoms with Gasteiger partial charge < -0.3 is 35.5 Å². The Morgan fingerprint density at radius 2 is 0.577 bits per heavy atom. The summed E-state index contributed by atoms with van der Waals surface area (Å²) >= 11 is 20.5. The van der Waals surface area contributed by atoms with Gasteiger partial charge in [0.2, 0.25) is 0 Å². The average Bonchev–Trinajstić information content (AvgIpc) is 2.24. The maximum atomic E-state index is 12.0.